The minimum atomic E-state index is -0.388. The van der Waals surface area contributed by atoms with E-state index < -0.39 is 0 Å². The van der Waals surface area contributed by atoms with E-state index in [-0.39, 0.29) is 11.5 Å². The van der Waals surface area contributed by atoms with E-state index in [9.17, 15) is 4.79 Å². The quantitative estimate of drug-likeness (QED) is 0.807. The highest BCUT2D eigenvalue weighted by atomic mass is 16.5. The molecule has 5 nitrogen and oxygen atoms in total. The Balaban J connectivity index is 2.59. The molecule has 0 aliphatic heterocycles. The largest absolute Gasteiger partial charge is 0.398 e. The van der Waals surface area contributed by atoms with Crippen LogP contribution in [0.5, 0.6) is 0 Å². The van der Waals surface area contributed by atoms with Gasteiger partial charge in [-0.25, -0.2) is 0 Å². The molecule has 0 atom stereocenters. The van der Waals surface area contributed by atoms with Gasteiger partial charge in [0.1, 0.15) is 0 Å². The minimum Gasteiger partial charge on any atom is -0.398 e. The molecule has 0 saturated heterocycles. The summed E-state index contributed by atoms with van der Waals surface area (Å²) >= 11 is 0. The molecule has 17 heavy (non-hydrogen) atoms. The standard InChI is InChI=1S/C12H19N3O2/c1-4-17-12(2,3)8-15-11(16)9-7-14-6-5-10(9)13/h5-7H,4,8H2,1-3H3,(H2,13,14)(H,15,16). The molecule has 0 fully saturated rings. The van der Waals surface area contributed by atoms with Crippen LogP contribution in [0.3, 0.4) is 0 Å². The van der Waals surface area contributed by atoms with E-state index in [2.05, 4.69) is 10.3 Å². The van der Waals surface area contributed by atoms with E-state index in [1.54, 1.807) is 12.3 Å². The summed E-state index contributed by atoms with van der Waals surface area (Å²) in [5, 5.41) is 2.78. The topological polar surface area (TPSA) is 77.2 Å². The summed E-state index contributed by atoms with van der Waals surface area (Å²) in [7, 11) is 0. The summed E-state index contributed by atoms with van der Waals surface area (Å²) in [5.41, 5.74) is 6.11. The summed E-state index contributed by atoms with van der Waals surface area (Å²) in [6, 6.07) is 1.60. The number of hydrogen-bond donors (Lipinski definition) is 2. The van der Waals surface area contributed by atoms with Crippen LogP contribution in [0.15, 0.2) is 18.5 Å². The van der Waals surface area contributed by atoms with Crippen molar-refractivity contribution in [3.8, 4) is 0 Å². The van der Waals surface area contributed by atoms with Crippen molar-refractivity contribution in [3.63, 3.8) is 0 Å². The Morgan fingerprint density at radius 3 is 2.88 bits per heavy atom. The maximum atomic E-state index is 11.8. The second-order valence-electron chi connectivity index (χ2n) is 4.34. The first-order chi connectivity index (χ1) is 7.96. The first-order valence-corrected chi connectivity index (χ1v) is 5.58. The molecule has 1 aromatic rings. The number of ether oxygens (including phenoxy) is 1. The number of nitrogens with zero attached hydrogens (tertiary/aromatic N) is 1. The van der Waals surface area contributed by atoms with Crippen molar-refractivity contribution in [1.82, 2.24) is 10.3 Å². The average Bonchev–Trinajstić information content (AvgIpc) is 2.27. The van der Waals surface area contributed by atoms with Crippen LogP contribution >= 0.6 is 0 Å². The fourth-order valence-electron chi connectivity index (χ4n) is 1.43. The molecule has 1 heterocycles. The number of rotatable bonds is 5. The van der Waals surface area contributed by atoms with E-state index in [1.807, 2.05) is 20.8 Å². The van der Waals surface area contributed by atoms with Crippen molar-refractivity contribution in [2.45, 2.75) is 26.4 Å². The zero-order valence-corrected chi connectivity index (χ0v) is 10.5. The Labute approximate surface area is 101 Å². The SMILES string of the molecule is CCOC(C)(C)CNC(=O)c1cnccc1N. The Morgan fingerprint density at radius 1 is 1.59 bits per heavy atom. The number of hydrogen-bond acceptors (Lipinski definition) is 4. The Kier molecular flexibility index (Phi) is 4.45. The molecule has 1 amide bonds. The molecule has 0 spiro atoms. The summed E-state index contributed by atoms with van der Waals surface area (Å²) in [4.78, 5) is 15.7. The zero-order valence-electron chi connectivity index (χ0n) is 10.5. The first-order valence-electron chi connectivity index (χ1n) is 5.58. The van der Waals surface area contributed by atoms with Gasteiger partial charge in [-0.15, -0.1) is 0 Å². The zero-order chi connectivity index (χ0) is 12.9. The number of nitrogen functional groups attached to an aromatic ring is 1. The highest BCUT2D eigenvalue weighted by Gasteiger charge is 2.19. The third kappa shape index (κ3) is 4.03. The van der Waals surface area contributed by atoms with Gasteiger partial charge in [0.15, 0.2) is 0 Å². The Bertz CT molecular complexity index is 391. The maximum absolute atomic E-state index is 11.8. The van der Waals surface area contributed by atoms with Crippen LogP contribution in [-0.2, 0) is 4.74 Å². The molecule has 0 unspecified atom stereocenters. The molecule has 5 heteroatoms. The predicted molar refractivity (Wildman–Crippen MR) is 66.7 cm³/mol. The number of aromatic nitrogens is 1. The van der Waals surface area contributed by atoms with Crippen molar-refractivity contribution < 1.29 is 9.53 Å². The lowest BCUT2D eigenvalue weighted by Gasteiger charge is -2.24. The summed E-state index contributed by atoms with van der Waals surface area (Å²) in [6.07, 6.45) is 3.01. The van der Waals surface area contributed by atoms with Gasteiger partial charge in [0.2, 0.25) is 0 Å². The molecule has 0 radical (unpaired) electrons. The number of carbonyl (C=O) groups is 1. The molecule has 0 aliphatic carbocycles. The lowest BCUT2D eigenvalue weighted by atomic mass is 10.1. The fraction of sp³-hybridized carbons (Fsp3) is 0.500. The predicted octanol–water partition coefficient (Wildman–Crippen LogP) is 1.21. The molecule has 0 aromatic carbocycles. The lowest BCUT2D eigenvalue weighted by molar-refractivity contribution is -0.00815. The first kappa shape index (κ1) is 13.4. The van der Waals surface area contributed by atoms with Crippen molar-refractivity contribution >= 4 is 11.6 Å². The molecule has 1 rings (SSSR count). The molecular weight excluding hydrogens is 218 g/mol. The molecule has 94 valence electrons. The monoisotopic (exact) mass is 237 g/mol. The third-order valence-electron chi connectivity index (χ3n) is 2.31. The van der Waals surface area contributed by atoms with Gasteiger partial charge >= 0.3 is 0 Å². The van der Waals surface area contributed by atoms with E-state index in [0.29, 0.717) is 24.4 Å². The molecule has 1 aromatic heterocycles. The fourth-order valence-corrected chi connectivity index (χ4v) is 1.43. The molecular formula is C12H19N3O2. The lowest BCUT2D eigenvalue weighted by Crippen LogP contribution is -2.40. The minimum absolute atomic E-state index is 0.233. The van der Waals surface area contributed by atoms with Crippen LogP contribution in [0.2, 0.25) is 0 Å². The van der Waals surface area contributed by atoms with Crippen LogP contribution in [0.1, 0.15) is 31.1 Å². The highest BCUT2D eigenvalue weighted by Crippen LogP contribution is 2.10. The van der Waals surface area contributed by atoms with Crippen LogP contribution in [0, 0.1) is 0 Å². The number of carbonyl (C=O) groups excluding carboxylic acids is 1. The summed E-state index contributed by atoms with van der Waals surface area (Å²) in [5.74, 6) is -0.233. The van der Waals surface area contributed by atoms with Gasteiger partial charge in [0.25, 0.3) is 5.91 Å². The van der Waals surface area contributed by atoms with Crippen LogP contribution in [0.4, 0.5) is 5.69 Å². The van der Waals surface area contributed by atoms with Crippen molar-refractivity contribution in [2.75, 3.05) is 18.9 Å². The van der Waals surface area contributed by atoms with Crippen LogP contribution in [-0.4, -0.2) is 29.6 Å². The molecule has 0 saturated carbocycles. The smallest absolute Gasteiger partial charge is 0.255 e. The van der Waals surface area contributed by atoms with Crippen molar-refractivity contribution in [2.24, 2.45) is 0 Å². The van der Waals surface area contributed by atoms with Gasteiger partial charge in [-0.2, -0.15) is 0 Å². The van der Waals surface area contributed by atoms with Crippen LogP contribution in [0.25, 0.3) is 0 Å². The van der Waals surface area contributed by atoms with Gasteiger partial charge < -0.3 is 15.8 Å². The van der Waals surface area contributed by atoms with Gasteiger partial charge in [0.05, 0.1) is 11.2 Å². The van der Waals surface area contributed by atoms with E-state index in [4.69, 9.17) is 10.5 Å². The van der Waals surface area contributed by atoms with Crippen LogP contribution < -0.4 is 11.1 Å². The number of anilines is 1. The maximum Gasteiger partial charge on any atom is 0.255 e. The normalized spacial score (nSPS) is 11.2. The Morgan fingerprint density at radius 2 is 2.29 bits per heavy atom. The molecule has 0 bridgehead atoms. The summed E-state index contributed by atoms with van der Waals surface area (Å²) in [6.45, 7) is 6.79. The van der Waals surface area contributed by atoms with Gasteiger partial charge in [-0.05, 0) is 26.8 Å². The van der Waals surface area contributed by atoms with Gasteiger partial charge in [-0.1, -0.05) is 0 Å². The number of nitrogens with two attached hydrogens (primary N) is 1. The van der Waals surface area contributed by atoms with Gasteiger partial charge in [-0.3, -0.25) is 9.78 Å². The average molecular weight is 237 g/mol. The van der Waals surface area contributed by atoms with E-state index >= 15 is 0 Å². The van der Waals surface area contributed by atoms with Crippen molar-refractivity contribution in [1.29, 1.82) is 0 Å². The van der Waals surface area contributed by atoms with Gasteiger partial charge in [0, 0.05) is 31.2 Å². The number of pyridine rings is 1. The second kappa shape index (κ2) is 5.63. The highest BCUT2D eigenvalue weighted by molar-refractivity contribution is 5.98. The molecule has 3 N–H and O–H groups in total. The van der Waals surface area contributed by atoms with Crippen molar-refractivity contribution in [3.05, 3.63) is 24.0 Å². The van der Waals surface area contributed by atoms with E-state index in [0.717, 1.165) is 0 Å². The van der Waals surface area contributed by atoms with E-state index in [1.165, 1.54) is 6.20 Å². The summed E-state index contributed by atoms with van der Waals surface area (Å²) < 4.78 is 5.48. The number of amides is 1. The number of nitrogens with one attached hydrogen (secondary N) is 1. The Hall–Kier alpha value is -1.62. The molecule has 0 aliphatic rings. The third-order valence-corrected chi connectivity index (χ3v) is 2.31. The second-order valence-corrected chi connectivity index (χ2v) is 4.34.